The average Bonchev–Trinajstić information content (AvgIpc) is 2.84. The summed E-state index contributed by atoms with van der Waals surface area (Å²) in [6.07, 6.45) is -0.699. The van der Waals surface area contributed by atoms with Gasteiger partial charge in [0.2, 0.25) is 11.8 Å². The Morgan fingerprint density at radius 3 is 2.21 bits per heavy atom. The molecular weight excluding hydrogens is 490 g/mol. The summed E-state index contributed by atoms with van der Waals surface area (Å²) in [5, 5.41) is 14.9. The number of ether oxygens (including phenoxy) is 2. The zero-order chi connectivity index (χ0) is 28.3. The highest BCUT2D eigenvalue weighted by atomic mass is 16.6. The topological polar surface area (TPSA) is 134 Å². The minimum absolute atomic E-state index is 0.0115. The molecule has 2 rings (SSSR count). The van der Waals surface area contributed by atoms with E-state index in [1.165, 1.54) is 24.1 Å². The Kier molecular flexibility index (Phi) is 11.1. The van der Waals surface area contributed by atoms with Crippen LogP contribution in [0.25, 0.3) is 0 Å². The van der Waals surface area contributed by atoms with Gasteiger partial charge in [0, 0.05) is 20.0 Å². The molecule has 10 nitrogen and oxygen atoms in total. The highest BCUT2D eigenvalue weighted by molar-refractivity contribution is 5.92. The average molecular weight is 528 g/mol. The molecule has 0 aromatic heterocycles. The molecular formula is C28H37N3O7. The van der Waals surface area contributed by atoms with Gasteiger partial charge in [0.25, 0.3) is 0 Å². The first-order chi connectivity index (χ1) is 17.9. The molecule has 2 aromatic carbocycles. The Morgan fingerprint density at radius 2 is 1.63 bits per heavy atom. The summed E-state index contributed by atoms with van der Waals surface area (Å²) in [5.41, 5.74) is 0.450. The summed E-state index contributed by atoms with van der Waals surface area (Å²) in [5.74, 6) is -1.39. The fourth-order valence-corrected chi connectivity index (χ4v) is 3.69. The van der Waals surface area contributed by atoms with Crippen molar-refractivity contribution in [2.75, 3.05) is 20.2 Å². The number of esters is 1. The van der Waals surface area contributed by atoms with Crippen LogP contribution in [0.3, 0.4) is 0 Å². The molecule has 0 aliphatic carbocycles. The normalized spacial score (nSPS) is 12.6. The molecule has 0 saturated carbocycles. The predicted octanol–water partition coefficient (Wildman–Crippen LogP) is 3.10. The molecule has 206 valence electrons. The van der Waals surface area contributed by atoms with Crippen LogP contribution in [0.1, 0.15) is 51.3 Å². The minimum Gasteiger partial charge on any atom is -0.508 e. The number of benzene rings is 2. The molecule has 0 aliphatic rings. The maximum Gasteiger partial charge on any atom is 0.408 e. The van der Waals surface area contributed by atoms with Gasteiger partial charge >= 0.3 is 12.1 Å². The summed E-state index contributed by atoms with van der Waals surface area (Å²) in [7, 11) is 1.48. The minimum atomic E-state index is -1.07. The SMILES string of the molecule is CCOC(=O)CCNC(=O)C(c1ccccc1)N(C)C(=O)C(Cc1ccc(O)cc1)NC(=O)OC(C)(C)C. The first kappa shape index (κ1) is 30.1. The van der Waals surface area contributed by atoms with Crippen molar-refractivity contribution < 1.29 is 33.8 Å². The molecule has 0 spiro atoms. The third-order valence-corrected chi connectivity index (χ3v) is 5.40. The van der Waals surface area contributed by atoms with E-state index in [0.717, 1.165) is 0 Å². The van der Waals surface area contributed by atoms with E-state index >= 15 is 0 Å². The number of hydrogen-bond acceptors (Lipinski definition) is 7. The Hall–Kier alpha value is -4.08. The van der Waals surface area contributed by atoms with Gasteiger partial charge in [0.05, 0.1) is 13.0 Å². The van der Waals surface area contributed by atoms with E-state index in [2.05, 4.69) is 10.6 Å². The molecule has 38 heavy (non-hydrogen) atoms. The van der Waals surface area contributed by atoms with Gasteiger partial charge in [-0.1, -0.05) is 42.5 Å². The van der Waals surface area contributed by atoms with Crippen LogP contribution in [0, 0.1) is 0 Å². The molecule has 0 heterocycles. The number of carbonyl (C=O) groups is 4. The third kappa shape index (κ3) is 9.76. The van der Waals surface area contributed by atoms with Crippen LogP contribution >= 0.6 is 0 Å². The van der Waals surface area contributed by atoms with Gasteiger partial charge in [-0.3, -0.25) is 14.4 Å². The second-order valence-electron chi connectivity index (χ2n) is 9.68. The van der Waals surface area contributed by atoms with Gasteiger partial charge in [0.15, 0.2) is 0 Å². The van der Waals surface area contributed by atoms with Crippen molar-refractivity contribution in [3.05, 3.63) is 65.7 Å². The van der Waals surface area contributed by atoms with E-state index in [1.54, 1.807) is 70.2 Å². The smallest absolute Gasteiger partial charge is 0.408 e. The van der Waals surface area contributed by atoms with Gasteiger partial charge in [-0.05, 0) is 51.0 Å². The maximum absolute atomic E-state index is 13.8. The van der Waals surface area contributed by atoms with E-state index in [9.17, 15) is 24.3 Å². The van der Waals surface area contributed by atoms with E-state index in [0.29, 0.717) is 11.1 Å². The molecule has 10 heteroatoms. The van der Waals surface area contributed by atoms with Crippen molar-refractivity contribution in [1.82, 2.24) is 15.5 Å². The highest BCUT2D eigenvalue weighted by Gasteiger charge is 2.34. The zero-order valence-electron chi connectivity index (χ0n) is 22.5. The first-order valence-corrected chi connectivity index (χ1v) is 12.4. The monoisotopic (exact) mass is 527 g/mol. The van der Waals surface area contributed by atoms with Crippen LogP contribution in [0.4, 0.5) is 4.79 Å². The summed E-state index contributed by atoms with van der Waals surface area (Å²) < 4.78 is 10.3. The van der Waals surface area contributed by atoms with Gasteiger partial charge in [0.1, 0.15) is 23.4 Å². The fourth-order valence-electron chi connectivity index (χ4n) is 3.69. The zero-order valence-corrected chi connectivity index (χ0v) is 22.5. The van der Waals surface area contributed by atoms with Gasteiger partial charge in [-0.25, -0.2) is 4.79 Å². The molecule has 0 fully saturated rings. The number of likely N-dealkylation sites (N-methyl/N-ethyl adjacent to an activating group) is 1. The van der Waals surface area contributed by atoms with E-state index < -0.39 is 41.6 Å². The first-order valence-electron chi connectivity index (χ1n) is 12.4. The summed E-state index contributed by atoms with van der Waals surface area (Å²) in [6.45, 7) is 7.10. The van der Waals surface area contributed by atoms with Crippen LogP contribution in [0.5, 0.6) is 5.75 Å². The Labute approximate surface area is 223 Å². The number of alkyl carbamates (subject to hydrolysis) is 1. The third-order valence-electron chi connectivity index (χ3n) is 5.40. The lowest BCUT2D eigenvalue weighted by Gasteiger charge is -2.31. The van der Waals surface area contributed by atoms with Crippen molar-refractivity contribution in [3.63, 3.8) is 0 Å². The Bertz CT molecular complexity index is 1080. The van der Waals surface area contributed by atoms with Gasteiger partial charge < -0.3 is 30.1 Å². The molecule has 0 aliphatic heterocycles. The number of phenolic OH excluding ortho intramolecular Hbond substituents is 1. The summed E-state index contributed by atoms with van der Waals surface area (Å²) in [4.78, 5) is 52.6. The van der Waals surface area contributed by atoms with Crippen molar-refractivity contribution in [3.8, 4) is 5.75 Å². The number of carbonyl (C=O) groups excluding carboxylic acids is 4. The van der Waals surface area contributed by atoms with Crippen LogP contribution in [-0.2, 0) is 30.3 Å². The molecule has 2 aromatic rings. The summed E-state index contributed by atoms with van der Waals surface area (Å²) in [6, 6.07) is 12.9. The standard InChI is InChI=1S/C28H37N3O7/c1-6-37-23(33)16-17-29-25(34)24(20-10-8-7-9-11-20)31(5)26(35)22(30-27(36)38-28(2,3)4)18-19-12-14-21(32)15-13-19/h7-15,22,24,32H,6,16-18H2,1-5H3,(H,29,34)(H,30,36). The lowest BCUT2D eigenvalue weighted by Crippen LogP contribution is -2.52. The molecule has 0 radical (unpaired) electrons. The van der Waals surface area contributed by atoms with Crippen LogP contribution in [0.15, 0.2) is 54.6 Å². The second kappa shape index (κ2) is 14.0. The number of phenols is 1. The van der Waals surface area contributed by atoms with Gasteiger partial charge in [-0.15, -0.1) is 0 Å². The largest absolute Gasteiger partial charge is 0.508 e. The van der Waals surface area contributed by atoms with Crippen LogP contribution in [0.2, 0.25) is 0 Å². The number of aromatic hydroxyl groups is 1. The number of nitrogens with one attached hydrogen (secondary N) is 2. The molecule has 3 amide bonds. The van der Waals surface area contributed by atoms with Crippen molar-refractivity contribution in [2.45, 2.75) is 58.2 Å². The second-order valence-corrected chi connectivity index (χ2v) is 9.68. The Morgan fingerprint density at radius 1 is 1.00 bits per heavy atom. The molecule has 0 saturated heterocycles. The van der Waals surface area contributed by atoms with E-state index in [4.69, 9.17) is 9.47 Å². The number of rotatable bonds is 11. The van der Waals surface area contributed by atoms with E-state index in [-0.39, 0.29) is 31.7 Å². The van der Waals surface area contributed by atoms with Gasteiger partial charge in [-0.2, -0.15) is 0 Å². The number of nitrogens with zero attached hydrogens (tertiary/aromatic N) is 1. The predicted molar refractivity (Wildman–Crippen MR) is 141 cm³/mol. The molecule has 2 unspecified atom stereocenters. The lowest BCUT2D eigenvalue weighted by molar-refractivity contribution is -0.143. The Balaban J connectivity index is 2.30. The van der Waals surface area contributed by atoms with Crippen molar-refractivity contribution in [1.29, 1.82) is 0 Å². The molecule has 0 bridgehead atoms. The van der Waals surface area contributed by atoms with Crippen molar-refractivity contribution in [2.24, 2.45) is 0 Å². The fraction of sp³-hybridized carbons (Fsp3) is 0.429. The summed E-state index contributed by atoms with van der Waals surface area (Å²) >= 11 is 0. The number of hydrogen-bond donors (Lipinski definition) is 3. The maximum atomic E-state index is 13.8. The lowest BCUT2D eigenvalue weighted by atomic mass is 10.0. The molecule has 2 atom stereocenters. The van der Waals surface area contributed by atoms with E-state index in [1.807, 2.05) is 0 Å². The van der Waals surface area contributed by atoms with Crippen LogP contribution < -0.4 is 10.6 Å². The van der Waals surface area contributed by atoms with Crippen molar-refractivity contribution >= 4 is 23.9 Å². The quantitative estimate of drug-likeness (QED) is 0.382. The van der Waals surface area contributed by atoms with Crippen LogP contribution in [-0.4, -0.2) is 65.7 Å². The highest BCUT2D eigenvalue weighted by Crippen LogP contribution is 2.22. The molecule has 3 N–H and O–H groups in total. The number of amides is 3.